The average molecular weight is 320 g/mol. The van der Waals surface area contributed by atoms with E-state index < -0.39 is 11.9 Å². The van der Waals surface area contributed by atoms with E-state index in [4.69, 9.17) is 4.74 Å². The first-order chi connectivity index (χ1) is 11.1. The fourth-order valence-corrected chi connectivity index (χ4v) is 2.40. The normalized spacial score (nSPS) is 16.8. The Balaban J connectivity index is 0.00000127. The molecule has 1 fully saturated rings. The van der Waals surface area contributed by atoms with Crippen molar-refractivity contribution in [2.75, 3.05) is 7.11 Å². The van der Waals surface area contributed by atoms with E-state index in [2.05, 4.69) is 10.6 Å². The molecular weight excluding hydrogens is 296 g/mol. The molecule has 1 saturated heterocycles. The third-order valence-electron chi connectivity index (χ3n) is 3.50. The molecule has 2 N–H and O–H groups in total. The monoisotopic (exact) mass is 320 g/mol. The number of hydrogen-bond acceptors (Lipinski definition) is 4. The largest absolute Gasteiger partial charge is 0.496 e. The van der Waals surface area contributed by atoms with Crippen LogP contribution in [0.25, 0.3) is 0 Å². The van der Waals surface area contributed by atoms with Crippen molar-refractivity contribution in [2.24, 2.45) is 0 Å². The molecule has 0 aliphatic carbocycles. The lowest BCUT2D eigenvalue weighted by molar-refractivity contribution is -0.134. The maximum atomic E-state index is 12.4. The highest BCUT2D eigenvalue weighted by Gasteiger charge is 2.28. The molecule has 0 bridgehead atoms. The van der Waals surface area contributed by atoms with Gasteiger partial charge in [-0.15, -0.1) is 0 Å². The summed E-state index contributed by atoms with van der Waals surface area (Å²) in [5.74, 6) is -0.449. The van der Waals surface area contributed by atoms with Gasteiger partial charge in [0, 0.05) is 17.5 Å². The number of rotatable bonds is 4. The molecule has 23 heavy (non-hydrogen) atoms. The number of amides is 3. The van der Waals surface area contributed by atoms with Gasteiger partial charge in [-0.3, -0.25) is 19.7 Å². The van der Waals surface area contributed by atoms with Crippen LogP contribution in [0.2, 0.25) is 0 Å². The van der Waals surface area contributed by atoms with Gasteiger partial charge in [0.2, 0.25) is 11.8 Å². The zero-order chi connectivity index (χ0) is 17.4. The molecule has 1 heterocycles. The molecule has 1 aromatic carbocycles. The number of methoxy groups -OCH3 is 1. The molecule has 3 amide bonds. The maximum Gasteiger partial charge on any atom is 0.252 e. The summed E-state index contributed by atoms with van der Waals surface area (Å²) < 4.78 is 5.25. The number of nitrogens with one attached hydrogen (secondary N) is 2. The minimum Gasteiger partial charge on any atom is -0.496 e. The Bertz CT molecular complexity index is 584. The van der Waals surface area contributed by atoms with Crippen molar-refractivity contribution in [2.45, 2.75) is 46.1 Å². The summed E-state index contributed by atoms with van der Waals surface area (Å²) in [5, 5.41) is 4.89. The first-order valence-corrected chi connectivity index (χ1v) is 7.87. The van der Waals surface area contributed by atoms with Crippen LogP contribution < -0.4 is 15.4 Å². The van der Waals surface area contributed by atoms with Gasteiger partial charge >= 0.3 is 0 Å². The van der Waals surface area contributed by atoms with Crippen molar-refractivity contribution in [3.8, 4) is 5.75 Å². The number of piperidine rings is 1. The number of carbonyl (C=O) groups excluding carboxylic acids is 3. The fourth-order valence-electron chi connectivity index (χ4n) is 2.40. The molecule has 6 nitrogen and oxygen atoms in total. The van der Waals surface area contributed by atoms with Crippen LogP contribution in [0.3, 0.4) is 0 Å². The van der Waals surface area contributed by atoms with Gasteiger partial charge in [0.05, 0.1) is 7.11 Å². The maximum absolute atomic E-state index is 12.4. The van der Waals surface area contributed by atoms with Crippen LogP contribution in [0.15, 0.2) is 18.2 Å². The lowest BCUT2D eigenvalue weighted by Crippen LogP contribution is -2.52. The Morgan fingerprint density at radius 1 is 1.35 bits per heavy atom. The molecule has 1 atom stereocenters. The van der Waals surface area contributed by atoms with Crippen LogP contribution in [0, 0.1) is 0 Å². The van der Waals surface area contributed by atoms with E-state index >= 15 is 0 Å². The van der Waals surface area contributed by atoms with Gasteiger partial charge in [0.15, 0.2) is 0 Å². The Kier molecular flexibility index (Phi) is 7.25. The molecule has 0 spiro atoms. The summed E-state index contributed by atoms with van der Waals surface area (Å²) in [5.41, 5.74) is 1.28. The average Bonchev–Trinajstić information content (AvgIpc) is 2.58. The zero-order valence-electron chi connectivity index (χ0n) is 14.1. The predicted molar refractivity (Wildman–Crippen MR) is 87.4 cm³/mol. The van der Waals surface area contributed by atoms with Gasteiger partial charge in [-0.1, -0.05) is 26.8 Å². The van der Waals surface area contributed by atoms with Crippen molar-refractivity contribution in [3.05, 3.63) is 29.3 Å². The highest BCUT2D eigenvalue weighted by Crippen LogP contribution is 2.23. The van der Waals surface area contributed by atoms with Crippen LogP contribution >= 0.6 is 0 Å². The first-order valence-electron chi connectivity index (χ1n) is 7.87. The number of carbonyl (C=O) groups is 3. The van der Waals surface area contributed by atoms with Crippen molar-refractivity contribution in [3.63, 3.8) is 0 Å². The molecule has 2 rings (SSSR count). The molecular formula is C17H24N2O4. The van der Waals surface area contributed by atoms with Crippen LogP contribution in [-0.4, -0.2) is 30.9 Å². The van der Waals surface area contributed by atoms with E-state index in [1.54, 1.807) is 25.3 Å². The van der Waals surface area contributed by atoms with E-state index in [9.17, 15) is 14.4 Å². The lowest BCUT2D eigenvalue weighted by Gasteiger charge is -2.22. The minimum absolute atomic E-state index is 0.232. The van der Waals surface area contributed by atoms with Gasteiger partial charge in [0.1, 0.15) is 11.8 Å². The highest BCUT2D eigenvalue weighted by molar-refractivity contribution is 6.04. The van der Waals surface area contributed by atoms with E-state index in [0.29, 0.717) is 24.2 Å². The van der Waals surface area contributed by atoms with E-state index in [0.717, 1.165) is 5.56 Å². The Labute approximate surface area is 136 Å². The van der Waals surface area contributed by atoms with E-state index in [1.165, 1.54) is 0 Å². The molecule has 1 aliphatic rings. The minimum atomic E-state index is -0.675. The zero-order valence-corrected chi connectivity index (χ0v) is 14.1. The summed E-state index contributed by atoms with van der Waals surface area (Å²) in [6.45, 7) is 5.93. The summed E-state index contributed by atoms with van der Waals surface area (Å²) in [7, 11) is 1.55. The molecule has 0 radical (unpaired) electrons. The lowest BCUT2D eigenvalue weighted by atomic mass is 10.0. The number of hydrogen-bond donors (Lipinski definition) is 2. The Hall–Kier alpha value is -2.37. The number of imide groups is 1. The van der Waals surface area contributed by atoms with Crippen LogP contribution in [0.1, 0.15) is 49.5 Å². The highest BCUT2D eigenvalue weighted by atomic mass is 16.5. The summed E-state index contributed by atoms with van der Waals surface area (Å²) in [6.07, 6.45) is 1.19. The first kappa shape index (κ1) is 18.7. The second-order valence-electron chi connectivity index (χ2n) is 4.82. The summed E-state index contributed by atoms with van der Waals surface area (Å²) in [4.78, 5) is 35.1. The SMILES string of the molecule is CC.CCc1c(OC)cccc1C(=O)NC1CCC(=O)NC1=O. The second kappa shape index (κ2) is 8.92. The topological polar surface area (TPSA) is 84.5 Å². The molecule has 1 aliphatic heterocycles. The molecule has 0 aromatic heterocycles. The van der Waals surface area contributed by atoms with Crippen LogP contribution in [0.5, 0.6) is 5.75 Å². The quantitative estimate of drug-likeness (QED) is 0.829. The number of benzene rings is 1. The third kappa shape index (κ3) is 4.55. The van der Waals surface area contributed by atoms with Gasteiger partial charge < -0.3 is 10.1 Å². The van der Waals surface area contributed by atoms with E-state index in [1.807, 2.05) is 20.8 Å². The van der Waals surface area contributed by atoms with Crippen LogP contribution in [-0.2, 0) is 16.0 Å². The van der Waals surface area contributed by atoms with Crippen molar-refractivity contribution in [1.29, 1.82) is 0 Å². The molecule has 0 saturated carbocycles. The van der Waals surface area contributed by atoms with Crippen molar-refractivity contribution in [1.82, 2.24) is 10.6 Å². The third-order valence-corrected chi connectivity index (χ3v) is 3.50. The Morgan fingerprint density at radius 2 is 2.04 bits per heavy atom. The van der Waals surface area contributed by atoms with E-state index in [-0.39, 0.29) is 18.2 Å². The summed E-state index contributed by atoms with van der Waals surface area (Å²) >= 11 is 0. The van der Waals surface area contributed by atoms with Gasteiger partial charge in [-0.2, -0.15) is 0 Å². The van der Waals surface area contributed by atoms with Gasteiger partial charge in [-0.25, -0.2) is 0 Å². The molecule has 1 aromatic rings. The van der Waals surface area contributed by atoms with Gasteiger partial charge in [-0.05, 0) is 25.0 Å². The summed E-state index contributed by atoms with van der Waals surface area (Å²) in [6, 6.07) is 4.55. The molecule has 126 valence electrons. The number of ether oxygens (including phenoxy) is 1. The standard InChI is InChI=1S/C15H18N2O4.C2H6/c1-3-9-10(5-4-6-12(9)21-2)14(19)16-11-7-8-13(18)17-15(11)20;1-2/h4-6,11H,3,7-8H2,1-2H3,(H,16,19)(H,17,18,20);1-2H3. The van der Waals surface area contributed by atoms with Crippen molar-refractivity contribution >= 4 is 17.7 Å². The van der Waals surface area contributed by atoms with Crippen molar-refractivity contribution < 1.29 is 19.1 Å². The smallest absolute Gasteiger partial charge is 0.252 e. The predicted octanol–water partition coefficient (Wildman–Crippen LogP) is 1.82. The van der Waals surface area contributed by atoms with Gasteiger partial charge in [0.25, 0.3) is 5.91 Å². The second-order valence-corrected chi connectivity index (χ2v) is 4.82. The fraction of sp³-hybridized carbons (Fsp3) is 0.471. The molecule has 1 unspecified atom stereocenters. The van der Waals surface area contributed by atoms with Crippen LogP contribution in [0.4, 0.5) is 0 Å². The molecule has 6 heteroatoms. The Morgan fingerprint density at radius 3 is 2.61 bits per heavy atom.